The van der Waals surface area contributed by atoms with Crippen molar-refractivity contribution in [3.05, 3.63) is 0 Å². The summed E-state index contributed by atoms with van der Waals surface area (Å²) in [6.07, 6.45) is -4.39. The lowest BCUT2D eigenvalue weighted by Crippen LogP contribution is -2.38. The second kappa shape index (κ2) is 5.82. The Kier molecular flexibility index (Phi) is 5.47. The molecule has 0 saturated carbocycles. The predicted octanol–water partition coefficient (Wildman–Crippen LogP) is 0.594. The van der Waals surface area contributed by atoms with Gasteiger partial charge in [0.05, 0.1) is 6.54 Å². The third kappa shape index (κ3) is 9.27. The summed E-state index contributed by atoms with van der Waals surface area (Å²) >= 11 is 0. The van der Waals surface area contributed by atoms with Crippen LogP contribution in [0.4, 0.5) is 13.2 Å². The van der Waals surface area contributed by atoms with Crippen LogP contribution in [0.3, 0.4) is 0 Å². The Morgan fingerprint density at radius 2 is 2.00 bits per heavy atom. The second-order valence-corrected chi connectivity index (χ2v) is 2.95. The van der Waals surface area contributed by atoms with Crippen molar-refractivity contribution in [3.8, 4) is 0 Å². The Morgan fingerprint density at radius 3 is 2.43 bits per heavy atom. The monoisotopic (exact) mass is 214 g/mol. The van der Waals surface area contributed by atoms with Crippen molar-refractivity contribution < 1.29 is 22.8 Å². The Labute approximate surface area is 79.8 Å². The van der Waals surface area contributed by atoms with Crippen molar-refractivity contribution in [1.82, 2.24) is 10.8 Å². The molecule has 0 saturated heterocycles. The van der Waals surface area contributed by atoms with Crippen LogP contribution in [0.15, 0.2) is 0 Å². The number of hydrogen-bond donors (Lipinski definition) is 2. The minimum absolute atomic E-state index is 0.0492. The van der Waals surface area contributed by atoms with E-state index in [4.69, 9.17) is 0 Å². The van der Waals surface area contributed by atoms with Crippen molar-refractivity contribution in [3.63, 3.8) is 0 Å². The van der Waals surface area contributed by atoms with E-state index in [1.807, 2.05) is 5.48 Å². The van der Waals surface area contributed by atoms with E-state index in [2.05, 4.69) is 10.2 Å². The van der Waals surface area contributed by atoms with Crippen molar-refractivity contribution in [2.75, 3.05) is 13.2 Å². The Hall–Kier alpha value is -0.820. The van der Waals surface area contributed by atoms with Gasteiger partial charge in [-0.2, -0.15) is 18.7 Å². The Morgan fingerprint density at radius 1 is 1.43 bits per heavy atom. The Balaban J connectivity index is 3.41. The molecule has 0 radical (unpaired) electrons. The lowest BCUT2D eigenvalue weighted by Gasteiger charge is -2.10. The van der Waals surface area contributed by atoms with Crippen LogP contribution in [0, 0.1) is 0 Å². The molecular weight excluding hydrogens is 201 g/mol. The van der Waals surface area contributed by atoms with Crippen molar-refractivity contribution in [2.24, 2.45) is 0 Å². The Bertz CT molecular complexity index is 182. The molecular formula is C7H13F3N2O2. The number of alkyl halides is 3. The van der Waals surface area contributed by atoms with Gasteiger partial charge in [-0.25, -0.2) is 0 Å². The molecule has 4 nitrogen and oxygen atoms in total. The molecule has 84 valence electrons. The van der Waals surface area contributed by atoms with Crippen LogP contribution < -0.4 is 10.8 Å². The fourth-order valence-electron chi connectivity index (χ4n) is 0.622. The lowest BCUT2D eigenvalue weighted by atomic mass is 10.4. The highest BCUT2D eigenvalue weighted by molar-refractivity contribution is 5.78. The van der Waals surface area contributed by atoms with Crippen molar-refractivity contribution in [1.29, 1.82) is 0 Å². The van der Waals surface area contributed by atoms with Crippen molar-refractivity contribution >= 4 is 5.91 Å². The quantitative estimate of drug-likeness (QED) is 0.520. The van der Waals surface area contributed by atoms with Gasteiger partial charge in [-0.3, -0.25) is 9.63 Å². The van der Waals surface area contributed by atoms with Gasteiger partial charge in [0.15, 0.2) is 6.61 Å². The molecule has 0 aromatic rings. The number of hydroxylamine groups is 1. The van der Waals surface area contributed by atoms with Gasteiger partial charge in [0.2, 0.25) is 5.91 Å². The molecule has 0 aromatic carbocycles. The molecule has 14 heavy (non-hydrogen) atoms. The number of carbonyl (C=O) groups is 1. The van der Waals surface area contributed by atoms with Crippen LogP contribution in [-0.2, 0) is 9.63 Å². The number of nitrogens with one attached hydrogen (secondary N) is 2. The van der Waals surface area contributed by atoms with E-state index in [0.717, 1.165) is 0 Å². The molecule has 0 fully saturated rings. The highest BCUT2D eigenvalue weighted by atomic mass is 19.4. The molecule has 2 N–H and O–H groups in total. The third-order valence-corrected chi connectivity index (χ3v) is 1.02. The normalized spacial score (nSPS) is 11.9. The molecule has 0 rings (SSSR count). The number of carbonyl (C=O) groups excluding carboxylic acids is 1. The van der Waals surface area contributed by atoms with Crippen LogP contribution in [0.1, 0.15) is 13.8 Å². The van der Waals surface area contributed by atoms with E-state index in [1.54, 1.807) is 13.8 Å². The maximum atomic E-state index is 11.5. The topological polar surface area (TPSA) is 50.4 Å². The summed E-state index contributed by atoms with van der Waals surface area (Å²) in [5, 5.41) is 2.48. The SMILES string of the molecule is CC(C)NC(=O)CNOCC(F)(F)F. The van der Waals surface area contributed by atoms with Gasteiger partial charge < -0.3 is 5.32 Å². The maximum absolute atomic E-state index is 11.5. The number of halogens is 3. The highest BCUT2D eigenvalue weighted by Gasteiger charge is 2.27. The highest BCUT2D eigenvalue weighted by Crippen LogP contribution is 2.13. The second-order valence-electron chi connectivity index (χ2n) is 2.95. The zero-order valence-electron chi connectivity index (χ0n) is 7.94. The van der Waals surface area contributed by atoms with Crippen LogP contribution in [0.25, 0.3) is 0 Å². The van der Waals surface area contributed by atoms with E-state index in [1.165, 1.54) is 0 Å². The summed E-state index contributed by atoms with van der Waals surface area (Å²) < 4.78 is 34.6. The summed E-state index contributed by atoms with van der Waals surface area (Å²) in [5.41, 5.74) is 1.92. The van der Waals surface area contributed by atoms with Crippen molar-refractivity contribution in [2.45, 2.75) is 26.1 Å². The largest absolute Gasteiger partial charge is 0.413 e. The van der Waals surface area contributed by atoms with Gasteiger partial charge >= 0.3 is 6.18 Å². The summed E-state index contributed by atoms with van der Waals surface area (Å²) in [6, 6.07) is -0.0492. The van der Waals surface area contributed by atoms with Crippen LogP contribution in [-0.4, -0.2) is 31.3 Å². The first-order chi connectivity index (χ1) is 6.31. The van der Waals surface area contributed by atoms with E-state index in [-0.39, 0.29) is 12.6 Å². The molecule has 0 aliphatic carbocycles. The van der Waals surface area contributed by atoms with Gasteiger partial charge in [-0.05, 0) is 13.8 Å². The first kappa shape index (κ1) is 13.2. The molecule has 0 spiro atoms. The molecule has 0 bridgehead atoms. The summed E-state index contributed by atoms with van der Waals surface area (Å²) in [4.78, 5) is 14.9. The molecule has 0 aliphatic rings. The van der Waals surface area contributed by atoms with Gasteiger partial charge in [0, 0.05) is 6.04 Å². The average molecular weight is 214 g/mol. The van der Waals surface area contributed by atoms with Gasteiger partial charge in [-0.1, -0.05) is 0 Å². The van der Waals surface area contributed by atoms with Crippen LogP contribution in [0.5, 0.6) is 0 Å². The molecule has 0 unspecified atom stereocenters. The molecule has 0 heterocycles. The predicted molar refractivity (Wildman–Crippen MR) is 43.3 cm³/mol. The zero-order chi connectivity index (χ0) is 11.2. The molecule has 0 aromatic heterocycles. The summed E-state index contributed by atoms with van der Waals surface area (Å²) in [5.74, 6) is -0.415. The fraction of sp³-hybridized carbons (Fsp3) is 0.857. The fourth-order valence-corrected chi connectivity index (χ4v) is 0.622. The van der Waals surface area contributed by atoms with Gasteiger partial charge in [0.25, 0.3) is 0 Å². The smallest absolute Gasteiger partial charge is 0.353 e. The van der Waals surface area contributed by atoms with Crippen LogP contribution >= 0.6 is 0 Å². The van der Waals surface area contributed by atoms with Gasteiger partial charge in [-0.15, -0.1) is 0 Å². The summed E-state index contributed by atoms with van der Waals surface area (Å²) in [7, 11) is 0. The molecule has 0 aliphatic heterocycles. The van der Waals surface area contributed by atoms with Gasteiger partial charge in [0.1, 0.15) is 0 Å². The standard InChI is InChI=1S/C7H13F3N2O2/c1-5(2)12-6(13)3-11-14-4-7(8,9)10/h5,11H,3-4H2,1-2H3,(H,12,13). The number of rotatable bonds is 5. The zero-order valence-corrected chi connectivity index (χ0v) is 7.94. The van der Waals surface area contributed by atoms with E-state index >= 15 is 0 Å². The number of amides is 1. The summed E-state index contributed by atoms with van der Waals surface area (Å²) in [6.45, 7) is 1.78. The molecule has 1 amide bonds. The van der Waals surface area contributed by atoms with E-state index < -0.39 is 18.7 Å². The number of hydrogen-bond acceptors (Lipinski definition) is 3. The average Bonchev–Trinajstić information content (AvgIpc) is 1.95. The van der Waals surface area contributed by atoms with Crippen LogP contribution in [0.2, 0.25) is 0 Å². The molecule has 0 atom stereocenters. The molecule has 7 heteroatoms. The van der Waals surface area contributed by atoms with E-state index in [0.29, 0.717) is 0 Å². The first-order valence-electron chi connectivity index (χ1n) is 4.02. The minimum atomic E-state index is -4.39. The first-order valence-corrected chi connectivity index (χ1v) is 4.02. The van der Waals surface area contributed by atoms with E-state index in [9.17, 15) is 18.0 Å². The maximum Gasteiger partial charge on any atom is 0.413 e. The minimum Gasteiger partial charge on any atom is -0.353 e. The third-order valence-electron chi connectivity index (χ3n) is 1.02. The lowest BCUT2D eigenvalue weighted by molar-refractivity contribution is -0.189.